The Hall–Kier alpha value is -1.05. The average Bonchev–Trinajstić information content (AvgIpc) is 2.73. The zero-order valence-electron chi connectivity index (χ0n) is 10.8. The third-order valence-corrected chi connectivity index (χ3v) is 5.01. The molecule has 0 fully saturated rings. The van der Waals surface area contributed by atoms with E-state index in [1.165, 1.54) is 11.3 Å². The third-order valence-electron chi connectivity index (χ3n) is 2.67. The molecule has 0 radical (unpaired) electrons. The topological polar surface area (TPSA) is 64.3 Å². The normalized spacial score (nSPS) is 10.4. The molecule has 0 saturated heterocycles. The summed E-state index contributed by atoms with van der Waals surface area (Å²) in [6.07, 6.45) is 0. The third kappa shape index (κ3) is 3.16. The molecular formula is C13H12Br2N2O2S. The predicted octanol–water partition coefficient (Wildman–Crippen LogP) is 4.42. The first kappa shape index (κ1) is 15.3. The fourth-order valence-corrected chi connectivity index (χ4v) is 3.66. The van der Waals surface area contributed by atoms with E-state index >= 15 is 0 Å². The molecule has 0 aliphatic carbocycles. The molecule has 1 aromatic heterocycles. The van der Waals surface area contributed by atoms with E-state index in [9.17, 15) is 4.79 Å². The molecule has 3 N–H and O–H groups in total. The number of hydrogen-bond acceptors (Lipinski definition) is 4. The highest BCUT2D eigenvalue weighted by molar-refractivity contribution is 9.11. The zero-order valence-corrected chi connectivity index (χ0v) is 14.8. The van der Waals surface area contributed by atoms with Crippen LogP contribution in [0, 0.1) is 6.92 Å². The number of halogens is 2. The Labute approximate surface area is 137 Å². The summed E-state index contributed by atoms with van der Waals surface area (Å²) < 4.78 is 6.78. The second-order valence-electron chi connectivity index (χ2n) is 4.04. The second kappa shape index (κ2) is 6.15. The van der Waals surface area contributed by atoms with Crippen molar-refractivity contribution in [2.75, 3.05) is 18.2 Å². The van der Waals surface area contributed by atoms with Crippen LogP contribution in [0.2, 0.25) is 0 Å². The molecule has 0 saturated carbocycles. The van der Waals surface area contributed by atoms with E-state index in [2.05, 4.69) is 37.2 Å². The number of amides is 1. The van der Waals surface area contributed by atoms with Gasteiger partial charge in [0.2, 0.25) is 0 Å². The molecule has 0 aliphatic rings. The van der Waals surface area contributed by atoms with Crippen LogP contribution in [0.15, 0.2) is 27.1 Å². The number of carbonyl (C=O) groups excluding carboxylic acids is 1. The van der Waals surface area contributed by atoms with Crippen molar-refractivity contribution in [3.05, 3.63) is 36.9 Å². The summed E-state index contributed by atoms with van der Waals surface area (Å²) in [5.74, 6) is 0.449. The van der Waals surface area contributed by atoms with Gasteiger partial charge in [0.15, 0.2) is 0 Å². The number of benzene rings is 1. The number of anilines is 2. The molecule has 0 aliphatic heterocycles. The van der Waals surface area contributed by atoms with Crippen LogP contribution in [0.1, 0.15) is 14.5 Å². The van der Waals surface area contributed by atoms with Crippen LogP contribution in [-0.2, 0) is 0 Å². The Bertz CT molecular complexity index is 651. The maximum atomic E-state index is 12.2. The van der Waals surface area contributed by atoms with Crippen molar-refractivity contribution >= 4 is 60.5 Å². The maximum Gasteiger partial charge on any atom is 0.265 e. The van der Waals surface area contributed by atoms with Gasteiger partial charge >= 0.3 is 0 Å². The van der Waals surface area contributed by atoms with Crippen molar-refractivity contribution in [3.8, 4) is 5.75 Å². The molecular weight excluding hydrogens is 408 g/mol. The lowest BCUT2D eigenvalue weighted by atomic mass is 10.3. The summed E-state index contributed by atoms with van der Waals surface area (Å²) in [6.45, 7) is 1.88. The number of rotatable bonds is 3. The first-order chi connectivity index (χ1) is 9.42. The van der Waals surface area contributed by atoms with Gasteiger partial charge in [-0.2, -0.15) is 0 Å². The molecule has 1 aromatic carbocycles. The number of aryl methyl sites for hydroxylation is 1. The highest BCUT2D eigenvalue weighted by Gasteiger charge is 2.14. The van der Waals surface area contributed by atoms with Gasteiger partial charge < -0.3 is 15.8 Å². The van der Waals surface area contributed by atoms with E-state index in [-0.39, 0.29) is 5.91 Å². The summed E-state index contributed by atoms with van der Waals surface area (Å²) in [6, 6.07) is 5.25. The summed E-state index contributed by atoms with van der Waals surface area (Å²) >= 11 is 8.16. The molecule has 2 rings (SSSR count). The minimum Gasteiger partial charge on any atom is -0.495 e. The van der Waals surface area contributed by atoms with Gasteiger partial charge in [-0.15, -0.1) is 11.3 Å². The smallest absolute Gasteiger partial charge is 0.265 e. The number of ether oxygens (including phenoxy) is 1. The molecule has 0 unspecified atom stereocenters. The number of hydrogen-bond donors (Lipinski definition) is 2. The fourth-order valence-electron chi connectivity index (χ4n) is 1.57. The minimum atomic E-state index is -0.195. The van der Waals surface area contributed by atoms with Crippen molar-refractivity contribution in [2.45, 2.75) is 6.92 Å². The van der Waals surface area contributed by atoms with Crippen molar-refractivity contribution in [1.82, 2.24) is 0 Å². The fraction of sp³-hybridized carbons (Fsp3) is 0.154. The zero-order chi connectivity index (χ0) is 14.9. The van der Waals surface area contributed by atoms with E-state index in [4.69, 9.17) is 10.5 Å². The van der Waals surface area contributed by atoms with Crippen molar-refractivity contribution in [2.24, 2.45) is 0 Å². The molecule has 20 heavy (non-hydrogen) atoms. The number of nitrogen functional groups attached to an aromatic ring is 1. The SMILES string of the molecule is COc1cc(NC(=O)c2cc(N)c(C)s2)c(Br)cc1Br. The van der Waals surface area contributed by atoms with Crippen LogP contribution in [0.5, 0.6) is 5.75 Å². The first-order valence-corrected chi connectivity index (χ1v) is 8.03. The quantitative estimate of drug-likeness (QED) is 0.773. The van der Waals surface area contributed by atoms with Crippen molar-refractivity contribution in [1.29, 1.82) is 0 Å². The number of thiophene rings is 1. The van der Waals surface area contributed by atoms with E-state index in [1.807, 2.05) is 13.0 Å². The van der Waals surface area contributed by atoms with Gasteiger partial charge in [0.05, 0.1) is 22.1 Å². The van der Waals surface area contributed by atoms with Crippen LogP contribution in [-0.4, -0.2) is 13.0 Å². The Morgan fingerprint density at radius 2 is 2.00 bits per heavy atom. The Balaban J connectivity index is 2.27. The second-order valence-corrected chi connectivity index (χ2v) is 7.01. The summed E-state index contributed by atoms with van der Waals surface area (Å²) in [5, 5.41) is 2.84. The highest BCUT2D eigenvalue weighted by atomic mass is 79.9. The minimum absolute atomic E-state index is 0.195. The molecule has 1 amide bonds. The molecule has 0 atom stereocenters. The lowest BCUT2D eigenvalue weighted by Gasteiger charge is -2.10. The Kier molecular flexibility index (Phi) is 4.72. The Morgan fingerprint density at radius 3 is 2.55 bits per heavy atom. The molecule has 0 bridgehead atoms. The number of nitrogens with two attached hydrogens (primary N) is 1. The number of carbonyl (C=O) groups is 1. The van der Waals surface area contributed by atoms with E-state index in [0.717, 1.165) is 13.8 Å². The summed E-state index contributed by atoms with van der Waals surface area (Å²) in [4.78, 5) is 13.7. The van der Waals surface area contributed by atoms with Crippen molar-refractivity contribution in [3.63, 3.8) is 0 Å². The van der Waals surface area contributed by atoms with Gasteiger partial charge in [0.25, 0.3) is 5.91 Å². The monoisotopic (exact) mass is 418 g/mol. The summed E-state index contributed by atoms with van der Waals surface area (Å²) in [5.41, 5.74) is 7.03. The predicted molar refractivity (Wildman–Crippen MR) is 89.8 cm³/mol. The van der Waals surface area contributed by atoms with Crippen LogP contribution in [0.3, 0.4) is 0 Å². The van der Waals surface area contributed by atoms with Gasteiger partial charge in [-0.25, -0.2) is 0 Å². The van der Waals surface area contributed by atoms with Crippen LogP contribution >= 0.6 is 43.2 Å². The lowest BCUT2D eigenvalue weighted by molar-refractivity contribution is 0.103. The van der Waals surface area contributed by atoms with Gasteiger partial charge in [0.1, 0.15) is 5.75 Å². The van der Waals surface area contributed by atoms with E-state index < -0.39 is 0 Å². The van der Waals surface area contributed by atoms with Crippen LogP contribution in [0.25, 0.3) is 0 Å². The Morgan fingerprint density at radius 1 is 1.30 bits per heavy atom. The molecule has 0 spiro atoms. The molecule has 1 heterocycles. The van der Waals surface area contributed by atoms with E-state index in [0.29, 0.717) is 22.0 Å². The van der Waals surface area contributed by atoms with Crippen LogP contribution < -0.4 is 15.8 Å². The molecule has 7 heteroatoms. The number of methoxy groups -OCH3 is 1. The van der Waals surface area contributed by atoms with E-state index in [1.54, 1.807) is 19.2 Å². The largest absolute Gasteiger partial charge is 0.495 e. The van der Waals surface area contributed by atoms with Gasteiger partial charge in [-0.3, -0.25) is 4.79 Å². The first-order valence-electron chi connectivity index (χ1n) is 5.62. The molecule has 2 aromatic rings. The van der Waals surface area contributed by atoms with Crippen LogP contribution in [0.4, 0.5) is 11.4 Å². The standard InChI is InChI=1S/C13H12Br2N2O2S/c1-6-9(16)4-12(20-6)13(18)17-10-5-11(19-2)8(15)3-7(10)14/h3-5H,16H2,1-2H3,(H,17,18). The number of nitrogens with one attached hydrogen (secondary N) is 1. The van der Waals surface area contributed by atoms with Gasteiger partial charge in [-0.05, 0) is 50.9 Å². The summed E-state index contributed by atoms with van der Waals surface area (Å²) in [7, 11) is 1.57. The lowest BCUT2D eigenvalue weighted by Crippen LogP contribution is -2.10. The average molecular weight is 420 g/mol. The highest BCUT2D eigenvalue weighted by Crippen LogP contribution is 2.35. The van der Waals surface area contributed by atoms with Crippen molar-refractivity contribution < 1.29 is 9.53 Å². The molecule has 106 valence electrons. The van der Waals surface area contributed by atoms with Gasteiger partial charge in [0, 0.05) is 21.1 Å². The molecule has 4 nitrogen and oxygen atoms in total. The maximum absolute atomic E-state index is 12.2. The van der Waals surface area contributed by atoms with Gasteiger partial charge in [-0.1, -0.05) is 0 Å².